The van der Waals surface area contributed by atoms with Gasteiger partial charge in [0.05, 0.1) is 11.7 Å². The van der Waals surface area contributed by atoms with E-state index in [0.29, 0.717) is 17.3 Å². The van der Waals surface area contributed by atoms with Gasteiger partial charge in [0.1, 0.15) is 5.15 Å². The molecule has 1 amide bonds. The van der Waals surface area contributed by atoms with E-state index in [1.165, 1.54) is 6.20 Å². The number of halogens is 1. The number of hydrogen-bond donors (Lipinski definition) is 1. The molecule has 16 heavy (non-hydrogen) atoms. The van der Waals surface area contributed by atoms with Crippen LogP contribution in [0.5, 0.6) is 0 Å². The van der Waals surface area contributed by atoms with Gasteiger partial charge in [0, 0.05) is 19.3 Å². The summed E-state index contributed by atoms with van der Waals surface area (Å²) in [6.45, 7) is 1.35. The van der Waals surface area contributed by atoms with Gasteiger partial charge in [-0.2, -0.15) is 0 Å². The third kappa shape index (κ3) is 2.93. The van der Waals surface area contributed by atoms with Crippen molar-refractivity contribution in [1.29, 1.82) is 0 Å². The lowest BCUT2D eigenvalue weighted by molar-refractivity contribution is 0.0857. The van der Waals surface area contributed by atoms with Gasteiger partial charge in [-0.15, -0.1) is 0 Å². The highest BCUT2D eigenvalue weighted by Crippen LogP contribution is 2.11. The van der Waals surface area contributed by atoms with Crippen LogP contribution in [0.25, 0.3) is 0 Å². The van der Waals surface area contributed by atoms with Crippen molar-refractivity contribution in [2.24, 2.45) is 0 Å². The highest BCUT2D eigenvalue weighted by Gasteiger charge is 2.16. The number of nitrogens with one attached hydrogen (secondary N) is 1. The molecule has 0 aliphatic carbocycles. The molecule has 0 aromatic carbocycles. The Labute approximate surface area is 99.0 Å². The molecule has 0 bridgehead atoms. The number of carbonyl (C=O) groups excluding carboxylic acids is 1. The molecule has 1 N–H and O–H groups in total. The lowest BCUT2D eigenvalue weighted by Gasteiger charge is -2.10. The third-order valence-corrected chi connectivity index (χ3v) is 2.73. The minimum absolute atomic E-state index is 0.139. The lowest BCUT2D eigenvalue weighted by Crippen LogP contribution is -2.31. The van der Waals surface area contributed by atoms with E-state index < -0.39 is 0 Å². The molecule has 1 saturated heterocycles. The number of ether oxygens (including phenoxy) is 1. The van der Waals surface area contributed by atoms with E-state index >= 15 is 0 Å². The molecule has 1 aromatic heterocycles. The first-order valence-electron chi connectivity index (χ1n) is 5.27. The minimum atomic E-state index is -0.139. The van der Waals surface area contributed by atoms with Gasteiger partial charge < -0.3 is 10.1 Å². The van der Waals surface area contributed by atoms with E-state index in [2.05, 4.69) is 10.3 Å². The summed E-state index contributed by atoms with van der Waals surface area (Å²) in [5.74, 6) is -0.139. The van der Waals surface area contributed by atoms with Crippen LogP contribution in [0.2, 0.25) is 5.15 Å². The quantitative estimate of drug-likeness (QED) is 0.818. The zero-order chi connectivity index (χ0) is 11.4. The minimum Gasteiger partial charge on any atom is -0.376 e. The fourth-order valence-corrected chi connectivity index (χ4v) is 1.74. The molecular formula is C11H13ClN2O2. The Balaban J connectivity index is 1.85. The Morgan fingerprint density at radius 2 is 2.50 bits per heavy atom. The van der Waals surface area contributed by atoms with Crippen molar-refractivity contribution < 1.29 is 9.53 Å². The van der Waals surface area contributed by atoms with Gasteiger partial charge in [-0.25, -0.2) is 4.98 Å². The molecule has 5 heteroatoms. The van der Waals surface area contributed by atoms with E-state index in [1.807, 2.05) is 0 Å². The van der Waals surface area contributed by atoms with Crippen molar-refractivity contribution in [1.82, 2.24) is 10.3 Å². The van der Waals surface area contributed by atoms with Crippen molar-refractivity contribution >= 4 is 17.5 Å². The maximum atomic E-state index is 11.7. The van der Waals surface area contributed by atoms with Crippen molar-refractivity contribution in [2.45, 2.75) is 18.9 Å². The fourth-order valence-electron chi connectivity index (χ4n) is 1.62. The molecule has 1 aromatic rings. The van der Waals surface area contributed by atoms with Crippen LogP contribution in [-0.2, 0) is 4.74 Å². The Morgan fingerprint density at radius 3 is 3.12 bits per heavy atom. The number of pyridine rings is 1. The summed E-state index contributed by atoms with van der Waals surface area (Å²) in [4.78, 5) is 15.5. The number of aromatic nitrogens is 1. The maximum absolute atomic E-state index is 11.7. The van der Waals surface area contributed by atoms with E-state index in [1.54, 1.807) is 12.1 Å². The number of rotatable bonds is 3. The highest BCUT2D eigenvalue weighted by molar-refractivity contribution is 6.29. The van der Waals surface area contributed by atoms with Crippen LogP contribution in [0.15, 0.2) is 18.3 Å². The molecule has 2 heterocycles. The molecule has 86 valence electrons. The Bertz CT molecular complexity index is 361. The fraction of sp³-hybridized carbons (Fsp3) is 0.455. The maximum Gasteiger partial charge on any atom is 0.252 e. The van der Waals surface area contributed by atoms with Crippen LogP contribution in [0.3, 0.4) is 0 Å². The molecule has 1 aliphatic heterocycles. The molecule has 1 fully saturated rings. The monoisotopic (exact) mass is 240 g/mol. The summed E-state index contributed by atoms with van der Waals surface area (Å²) in [5.41, 5.74) is 0.516. The van der Waals surface area contributed by atoms with Crippen LogP contribution in [0.4, 0.5) is 0 Å². The van der Waals surface area contributed by atoms with Crippen LogP contribution in [0.1, 0.15) is 23.2 Å². The van der Waals surface area contributed by atoms with Gasteiger partial charge in [-0.3, -0.25) is 4.79 Å². The predicted octanol–water partition coefficient (Wildman–Crippen LogP) is 1.64. The SMILES string of the molecule is O=C(NC[C@H]1CCCO1)c1ccc(Cl)nc1. The summed E-state index contributed by atoms with van der Waals surface area (Å²) >= 11 is 5.63. The number of nitrogens with zero attached hydrogens (tertiary/aromatic N) is 1. The van der Waals surface area contributed by atoms with Crippen molar-refractivity contribution in [3.8, 4) is 0 Å². The summed E-state index contributed by atoms with van der Waals surface area (Å²) in [6, 6.07) is 3.25. The Kier molecular flexibility index (Phi) is 3.74. The summed E-state index contributed by atoms with van der Waals surface area (Å²) < 4.78 is 5.41. The van der Waals surface area contributed by atoms with E-state index in [4.69, 9.17) is 16.3 Å². The number of amides is 1. The van der Waals surface area contributed by atoms with Gasteiger partial charge in [-0.1, -0.05) is 11.6 Å². The second-order valence-electron chi connectivity index (χ2n) is 3.71. The second-order valence-corrected chi connectivity index (χ2v) is 4.10. The molecule has 1 aliphatic rings. The number of carbonyl (C=O) groups is 1. The first-order chi connectivity index (χ1) is 7.75. The topological polar surface area (TPSA) is 51.2 Å². The van der Waals surface area contributed by atoms with Gasteiger partial charge in [-0.05, 0) is 25.0 Å². The average molecular weight is 241 g/mol. The largest absolute Gasteiger partial charge is 0.376 e. The van der Waals surface area contributed by atoms with Gasteiger partial charge in [0.2, 0.25) is 0 Å². The third-order valence-electron chi connectivity index (χ3n) is 2.50. The van der Waals surface area contributed by atoms with Gasteiger partial charge in [0.15, 0.2) is 0 Å². The zero-order valence-electron chi connectivity index (χ0n) is 8.78. The van der Waals surface area contributed by atoms with Crippen molar-refractivity contribution in [2.75, 3.05) is 13.2 Å². The van der Waals surface area contributed by atoms with Crippen molar-refractivity contribution in [3.05, 3.63) is 29.0 Å². The van der Waals surface area contributed by atoms with Crippen LogP contribution in [0, 0.1) is 0 Å². The first-order valence-corrected chi connectivity index (χ1v) is 5.65. The lowest BCUT2D eigenvalue weighted by atomic mass is 10.2. The molecule has 4 nitrogen and oxygen atoms in total. The van der Waals surface area contributed by atoms with Gasteiger partial charge in [0.25, 0.3) is 5.91 Å². The Hall–Kier alpha value is -1.13. The molecular weight excluding hydrogens is 228 g/mol. The molecule has 0 unspecified atom stereocenters. The van der Waals surface area contributed by atoms with Gasteiger partial charge >= 0.3 is 0 Å². The highest BCUT2D eigenvalue weighted by atomic mass is 35.5. The standard InChI is InChI=1S/C11H13ClN2O2/c12-10-4-3-8(6-13-10)11(15)14-7-9-2-1-5-16-9/h3-4,6,9H,1-2,5,7H2,(H,14,15)/t9-/m1/s1. The van der Waals surface area contributed by atoms with E-state index in [9.17, 15) is 4.79 Å². The second kappa shape index (κ2) is 5.27. The van der Waals surface area contributed by atoms with Crippen LogP contribution < -0.4 is 5.32 Å². The molecule has 0 spiro atoms. The summed E-state index contributed by atoms with van der Waals surface area (Å²) in [5, 5.41) is 3.20. The summed E-state index contributed by atoms with van der Waals surface area (Å²) in [7, 11) is 0. The molecule has 0 saturated carbocycles. The Morgan fingerprint density at radius 1 is 1.62 bits per heavy atom. The predicted molar refractivity (Wildman–Crippen MR) is 60.6 cm³/mol. The van der Waals surface area contributed by atoms with Crippen LogP contribution >= 0.6 is 11.6 Å². The van der Waals surface area contributed by atoms with Crippen LogP contribution in [-0.4, -0.2) is 30.1 Å². The molecule has 1 atom stereocenters. The van der Waals surface area contributed by atoms with E-state index in [-0.39, 0.29) is 12.0 Å². The summed E-state index contributed by atoms with van der Waals surface area (Å²) in [6.07, 6.45) is 3.71. The molecule has 0 radical (unpaired) electrons. The average Bonchev–Trinajstić information content (AvgIpc) is 2.80. The molecule has 2 rings (SSSR count). The zero-order valence-corrected chi connectivity index (χ0v) is 9.54. The normalized spacial score (nSPS) is 19.7. The smallest absolute Gasteiger partial charge is 0.252 e. The van der Waals surface area contributed by atoms with Crippen molar-refractivity contribution in [3.63, 3.8) is 0 Å². The first kappa shape index (κ1) is 11.4. The van der Waals surface area contributed by atoms with E-state index in [0.717, 1.165) is 19.4 Å². The number of hydrogen-bond acceptors (Lipinski definition) is 3.